The van der Waals surface area contributed by atoms with E-state index < -0.39 is 0 Å². The zero-order valence-electron chi connectivity index (χ0n) is 15.8. The van der Waals surface area contributed by atoms with Gasteiger partial charge in [0.2, 0.25) is 0 Å². The number of hydrogen-bond donors (Lipinski definition) is 1. The molecule has 0 fully saturated rings. The van der Waals surface area contributed by atoms with Crippen LogP contribution in [0.25, 0.3) is 10.8 Å². The third kappa shape index (κ3) is 4.04. The Balaban J connectivity index is 1.46. The first-order valence-electron chi connectivity index (χ1n) is 9.83. The van der Waals surface area contributed by atoms with Crippen molar-refractivity contribution in [1.29, 1.82) is 0 Å². The maximum Gasteiger partial charge on any atom is 0.270 e. The van der Waals surface area contributed by atoms with Crippen molar-refractivity contribution in [2.45, 2.75) is 18.8 Å². The molecule has 1 aliphatic rings. The second kappa shape index (κ2) is 8.66. The minimum absolute atomic E-state index is 0.109. The van der Waals surface area contributed by atoms with E-state index in [4.69, 9.17) is 0 Å². The van der Waals surface area contributed by atoms with Crippen LogP contribution in [0.1, 0.15) is 34.8 Å². The lowest BCUT2D eigenvalue weighted by atomic mass is 9.80. The van der Waals surface area contributed by atoms with E-state index in [9.17, 15) is 4.79 Å². The van der Waals surface area contributed by atoms with Gasteiger partial charge < -0.3 is 5.32 Å². The highest BCUT2D eigenvalue weighted by molar-refractivity contribution is 6.05. The third-order valence-electron chi connectivity index (χ3n) is 5.39. The number of nitrogens with one attached hydrogen (secondary N) is 1. The van der Waals surface area contributed by atoms with Crippen LogP contribution in [-0.2, 0) is 0 Å². The number of hydrogen-bond acceptors (Lipinski definition) is 2. The van der Waals surface area contributed by atoms with E-state index in [0.717, 1.165) is 23.6 Å². The van der Waals surface area contributed by atoms with Gasteiger partial charge in [-0.2, -0.15) is 0 Å². The lowest BCUT2D eigenvalue weighted by Gasteiger charge is -2.26. The second-order valence-corrected chi connectivity index (χ2v) is 7.16. The highest BCUT2D eigenvalue weighted by Gasteiger charge is 2.21. The smallest absolute Gasteiger partial charge is 0.270 e. The first kappa shape index (κ1) is 18.2. The molecule has 1 aliphatic carbocycles. The van der Waals surface area contributed by atoms with Crippen molar-refractivity contribution in [3.63, 3.8) is 0 Å². The average Bonchev–Trinajstić information content (AvgIpc) is 2.77. The monoisotopic (exact) mass is 368 g/mol. The maximum absolute atomic E-state index is 12.8. The molecule has 4 rings (SSSR count). The number of nitrogens with zero attached hydrogens (tertiary/aromatic N) is 1. The quantitative estimate of drug-likeness (QED) is 0.644. The Hall–Kier alpha value is -3.20. The van der Waals surface area contributed by atoms with Crippen LogP contribution in [0, 0.1) is 5.92 Å². The number of benzene rings is 2. The van der Waals surface area contributed by atoms with Crippen LogP contribution in [0.2, 0.25) is 0 Å². The lowest BCUT2D eigenvalue weighted by Crippen LogP contribution is -2.28. The molecule has 0 saturated heterocycles. The zero-order valence-corrected chi connectivity index (χ0v) is 15.8. The standard InChI is InChI=1S/C25H24N2O/c28-25(24-23-14-8-7-13-21(23)15-17-26-24)27-18-16-22(19-9-3-1-4-10-19)20-11-5-2-6-12-20/h1-11,13-15,17,20,22H,12,16,18H2,(H,27,28). The molecule has 0 bridgehead atoms. The molecule has 3 heteroatoms. The Morgan fingerprint density at radius 3 is 2.68 bits per heavy atom. The van der Waals surface area contributed by atoms with Crippen molar-refractivity contribution in [2.75, 3.05) is 6.54 Å². The van der Waals surface area contributed by atoms with E-state index in [1.807, 2.05) is 36.4 Å². The SMILES string of the molecule is O=C(NCCC(c1ccccc1)C1C=CC=CC1)c1nccc2ccccc12. The summed E-state index contributed by atoms with van der Waals surface area (Å²) in [6.07, 6.45) is 12.4. The molecule has 2 atom stereocenters. The fourth-order valence-corrected chi connectivity index (χ4v) is 3.95. The van der Waals surface area contributed by atoms with Gasteiger partial charge >= 0.3 is 0 Å². The number of aromatic nitrogens is 1. The van der Waals surface area contributed by atoms with Gasteiger partial charge in [-0.25, -0.2) is 0 Å². The molecule has 1 aromatic heterocycles. The van der Waals surface area contributed by atoms with E-state index in [0.29, 0.717) is 24.1 Å². The summed E-state index contributed by atoms with van der Waals surface area (Å²) < 4.78 is 0. The number of carbonyl (C=O) groups excluding carboxylic acids is 1. The third-order valence-corrected chi connectivity index (χ3v) is 5.39. The summed E-state index contributed by atoms with van der Waals surface area (Å²) in [7, 11) is 0. The summed E-state index contributed by atoms with van der Waals surface area (Å²) >= 11 is 0. The van der Waals surface area contributed by atoms with Crippen molar-refractivity contribution in [2.24, 2.45) is 5.92 Å². The van der Waals surface area contributed by atoms with Crippen LogP contribution in [-0.4, -0.2) is 17.4 Å². The molecule has 28 heavy (non-hydrogen) atoms. The predicted octanol–water partition coefficient (Wildman–Crippen LogP) is 5.27. The molecule has 140 valence electrons. The summed E-state index contributed by atoms with van der Waals surface area (Å²) in [5, 5.41) is 5.01. The Labute approximate surface area is 165 Å². The molecule has 2 unspecified atom stereocenters. The van der Waals surface area contributed by atoms with Gasteiger partial charge in [-0.15, -0.1) is 0 Å². The zero-order chi connectivity index (χ0) is 19.2. The topological polar surface area (TPSA) is 42.0 Å². The van der Waals surface area contributed by atoms with Crippen molar-refractivity contribution >= 4 is 16.7 Å². The van der Waals surface area contributed by atoms with E-state index in [1.165, 1.54) is 5.56 Å². The van der Waals surface area contributed by atoms with Crippen LogP contribution in [0.5, 0.6) is 0 Å². The van der Waals surface area contributed by atoms with Gasteiger partial charge in [-0.3, -0.25) is 9.78 Å². The van der Waals surface area contributed by atoms with Crippen LogP contribution < -0.4 is 5.32 Å². The lowest BCUT2D eigenvalue weighted by molar-refractivity contribution is 0.0948. The molecule has 3 aromatic rings. The summed E-state index contributed by atoms with van der Waals surface area (Å²) in [6.45, 7) is 0.622. The van der Waals surface area contributed by atoms with Gasteiger partial charge in [0.15, 0.2) is 0 Å². The number of allylic oxidation sites excluding steroid dienone is 4. The molecule has 0 radical (unpaired) electrons. The molecular weight excluding hydrogens is 344 g/mol. The van der Waals surface area contributed by atoms with Crippen molar-refractivity contribution in [3.8, 4) is 0 Å². The first-order chi connectivity index (χ1) is 13.8. The molecule has 3 nitrogen and oxygen atoms in total. The Bertz CT molecular complexity index is 1000. The van der Waals surface area contributed by atoms with Crippen LogP contribution >= 0.6 is 0 Å². The van der Waals surface area contributed by atoms with Gasteiger partial charge in [0, 0.05) is 18.1 Å². The number of carbonyl (C=O) groups is 1. The van der Waals surface area contributed by atoms with Crippen LogP contribution in [0.15, 0.2) is 91.2 Å². The fourth-order valence-electron chi connectivity index (χ4n) is 3.95. The Kier molecular flexibility index (Phi) is 5.62. The number of pyridine rings is 1. The first-order valence-corrected chi connectivity index (χ1v) is 9.83. The molecule has 0 spiro atoms. The van der Waals surface area contributed by atoms with Gasteiger partial charge in [-0.1, -0.05) is 78.9 Å². The molecule has 1 heterocycles. The molecular formula is C25H24N2O. The highest BCUT2D eigenvalue weighted by atomic mass is 16.1. The number of fused-ring (bicyclic) bond motifs is 1. The largest absolute Gasteiger partial charge is 0.351 e. The Morgan fingerprint density at radius 1 is 1.04 bits per heavy atom. The molecule has 2 aromatic carbocycles. The number of amides is 1. The average molecular weight is 368 g/mol. The molecule has 1 N–H and O–H groups in total. The number of rotatable bonds is 6. The maximum atomic E-state index is 12.8. The van der Waals surface area contributed by atoms with E-state index in [1.54, 1.807) is 6.20 Å². The van der Waals surface area contributed by atoms with Gasteiger partial charge in [-0.05, 0) is 41.7 Å². The summed E-state index contributed by atoms with van der Waals surface area (Å²) in [6, 6.07) is 20.4. The van der Waals surface area contributed by atoms with Crippen LogP contribution in [0.3, 0.4) is 0 Å². The van der Waals surface area contributed by atoms with Crippen LogP contribution in [0.4, 0.5) is 0 Å². The molecule has 0 aliphatic heterocycles. The van der Waals surface area contributed by atoms with E-state index in [2.05, 4.69) is 58.9 Å². The Morgan fingerprint density at radius 2 is 1.86 bits per heavy atom. The normalized spacial score (nSPS) is 16.8. The van der Waals surface area contributed by atoms with Crippen molar-refractivity contribution in [3.05, 3.63) is 102 Å². The fraction of sp³-hybridized carbons (Fsp3) is 0.200. The van der Waals surface area contributed by atoms with Gasteiger partial charge in [0.1, 0.15) is 5.69 Å². The highest BCUT2D eigenvalue weighted by Crippen LogP contribution is 2.33. The van der Waals surface area contributed by atoms with Gasteiger partial charge in [0.05, 0.1) is 0 Å². The van der Waals surface area contributed by atoms with E-state index >= 15 is 0 Å². The van der Waals surface area contributed by atoms with Crippen molar-refractivity contribution < 1.29 is 4.79 Å². The summed E-state index contributed by atoms with van der Waals surface area (Å²) in [5.74, 6) is 0.728. The summed E-state index contributed by atoms with van der Waals surface area (Å²) in [4.78, 5) is 17.1. The molecule has 1 amide bonds. The van der Waals surface area contributed by atoms with Gasteiger partial charge in [0.25, 0.3) is 5.91 Å². The van der Waals surface area contributed by atoms with E-state index in [-0.39, 0.29) is 5.91 Å². The second-order valence-electron chi connectivity index (χ2n) is 7.16. The predicted molar refractivity (Wildman–Crippen MR) is 114 cm³/mol. The minimum Gasteiger partial charge on any atom is -0.351 e. The summed E-state index contributed by atoms with van der Waals surface area (Å²) in [5.41, 5.74) is 1.82. The molecule has 0 saturated carbocycles. The minimum atomic E-state index is -0.109. The van der Waals surface area contributed by atoms with Crippen molar-refractivity contribution in [1.82, 2.24) is 10.3 Å².